The molecule has 0 bridgehead atoms. The number of benzene rings is 1. The van der Waals surface area contributed by atoms with E-state index in [0.29, 0.717) is 40.4 Å². The van der Waals surface area contributed by atoms with Crippen molar-refractivity contribution < 1.29 is 8.42 Å². The number of nitrogens with zero attached hydrogens (tertiary/aromatic N) is 2. The molecular formula is C15H15BrCl2N2O2S2. The van der Waals surface area contributed by atoms with E-state index >= 15 is 0 Å². The largest absolute Gasteiger partial charge is 0.296 e. The molecular weight excluding hydrogens is 455 g/mol. The van der Waals surface area contributed by atoms with Gasteiger partial charge in [-0.25, -0.2) is 8.42 Å². The van der Waals surface area contributed by atoms with E-state index in [1.165, 1.54) is 11.3 Å². The van der Waals surface area contributed by atoms with E-state index in [0.717, 1.165) is 15.9 Å². The minimum atomic E-state index is -3.39. The normalized spacial score (nSPS) is 17.3. The fraction of sp³-hybridized carbons (Fsp3) is 0.333. The van der Waals surface area contributed by atoms with E-state index in [2.05, 4.69) is 20.8 Å². The second-order valence-corrected chi connectivity index (χ2v) is 10.9. The molecule has 24 heavy (non-hydrogen) atoms. The Balaban J connectivity index is 1.62. The molecule has 0 N–H and O–H groups in total. The van der Waals surface area contributed by atoms with Crippen LogP contribution in [0.25, 0.3) is 0 Å². The van der Waals surface area contributed by atoms with Crippen LogP contribution in [-0.2, 0) is 16.6 Å². The highest BCUT2D eigenvalue weighted by molar-refractivity contribution is 9.11. The first-order valence-corrected chi connectivity index (χ1v) is 11.1. The maximum Gasteiger partial charge on any atom is 0.252 e. The van der Waals surface area contributed by atoms with Gasteiger partial charge in [-0.2, -0.15) is 4.31 Å². The van der Waals surface area contributed by atoms with Crippen LogP contribution in [0.3, 0.4) is 0 Å². The average molecular weight is 470 g/mol. The van der Waals surface area contributed by atoms with Crippen LogP contribution in [0, 0.1) is 0 Å². The van der Waals surface area contributed by atoms with Crippen molar-refractivity contribution in [3.63, 3.8) is 0 Å². The molecule has 0 unspecified atom stereocenters. The van der Waals surface area contributed by atoms with Gasteiger partial charge in [-0.05, 0) is 45.8 Å². The number of hydrogen-bond acceptors (Lipinski definition) is 4. The molecule has 0 amide bonds. The summed E-state index contributed by atoms with van der Waals surface area (Å²) in [6.45, 7) is 3.08. The summed E-state index contributed by atoms with van der Waals surface area (Å²) < 4.78 is 28.0. The lowest BCUT2D eigenvalue weighted by molar-refractivity contribution is 0.182. The molecule has 130 valence electrons. The van der Waals surface area contributed by atoms with Crippen molar-refractivity contribution in [2.24, 2.45) is 0 Å². The van der Waals surface area contributed by atoms with Gasteiger partial charge in [-0.1, -0.05) is 29.3 Å². The van der Waals surface area contributed by atoms with E-state index in [9.17, 15) is 8.42 Å². The minimum Gasteiger partial charge on any atom is -0.296 e. The lowest BCUT2D eigenvalue weighted by atomic mass is 10.2. The number of hydrogen-bond donors (Lipinski definition) is 0. The van der Waals surface area contributed by atoms with Gasteiger partial charge in [0.1, 0.15) is 4.21 Å². The molecule has 9 heteroatoms. The fourth-order valence-corrected chi connectivity index (χ4v) is 6.49. The quantitative estimate of drug-likeness (QED) is 0.669. The maximum atomic E-state index is 12.6. The molecule has 1 aliphatic heterocycles. The van der Waals surface area contributed by atoms with Crippen molar-refractivity contribution in [3.8, 4) is 0 Å². The van der Waals surface area contributed by atoms with Gasteiger partial charge in [-0.3, -0.25) is 4.90 Å². The molecule has 2 aromatic rings. The van der Waals surface area contributed by atoms with Gasteiger partial charge in [-0.15, -0.1) is 11.3 Å². The van der Waals surface area contributed by atoms with Crippen LogP contribution in [0.1, 0.15) is 5.56 Å². The molecule has 0 spiro atoms. The lowest BCUT2D eigenvalue weighted by Crippen LogP contribution is -2.48. The van der Waals surface area contributed by atoms with Crippen molar-refractivity contribution in [1.29, 1.82) is 0 Å². The molecule has 0 aliphatic carbocycles. The number of sulfonamides is 1. The third kappa shape index (κ3) is 4.15. The zero-order valence-electron chi connectivity index (χ0n) is 12.6. The van der Waals surface area contributed by atoms with Crippen molar-refractivity contribution in [2.75, 3.05) is 26.2 Å². The summed E-state index contributed by atoms with van der Waals surface area (Å²) in [5.41, 5.74) is 1.07. The molecule has 0 saturated carbocycles. The Morgan fingerprint density at radius 2 is 1.75 bits per heavy atom. The fourth-order valence-electron chi connectivity index (χ4n) is 2.59. The molecule has 0 atom stereocenters. The second kappa shape index (κ2) is 7.61. The molecule has 4 nitrogen and oxygen atoms in total. The number of thiophene rings is 1. The summed E-state index contributed by atoms with van der Waals surface area (Å²) in [4.78, 5) is 2.22. The highest BCUT2D eigenvalue weighted by atomic mass is 79.9. The number of rotatable bonds is 4. The third-order valence-corrected chi connectivity index (χ3v) is 8.59. The zero-order chi connectivity index (χ0) is 17.3. The van der Waals surface area contributed by atoms with Crippen LogP contribution < -0.4 is 0 Å². The van der Waals surface area contributed by atoms with Crippen LogP contribution in [0.5, 0.6) is 0 Å². The number of halogens is 3. The van der Waals surface area contributed by atoms with Gasteiger partial charge in [0, 0.05) is 32.7 Å². The zero-order valence-corrected chi connectivity index (χ0v) is 17.3. The molecule has 3 rings (SSSR count). The highest BCUT2D eigenvalue weighted by Gasteiger charge is 2.29. The molecule has 1 aromatic carbocycles. The smallest absolute Gasteiger partial charge is 0.252 e. The first-order chi connectivity index (χ1) is 11.4. The summed E-state index contributed by atoms with van der Waals surface area (Å²) in [6.07, 6.45) is 0. The topological polar surface area (TPSA) is 40.6 Å². The van der Waals surface area contributed by atoms with Gasteiger partial charge in [0.2, 0.25) is 0 Å². The monoisotopic (exact) mass is 468 g/mol. The molecule has 1 aromatic heterocycles. The van der Waals surface area contributed by atoms with Crippen LogP contribution in [0.2, 0.25) is 10.0 Å². The lowest BCUT2D eigenvalue weighted by Gasteiger charge is -2.33. The number of piperazine rings is 1. The van der Waals surface area contributed by atoms with Crippen LogP contribution in [0.4, 0.5) is 0 Å². The van der Waals surface area contributed by atoms with E-state index in [-0.39, 0.29) is 0 Å². The second-order valence-electron chi connectivity index (χ2n) is 5.49. The Morgan fingerprint density at radius 1 is 1.04 bits per heavy atom. The first kappa shape index (κ1) is 18.6. The summed E-state index contributed by atoms with van der Waals surface area (Å²) in [7, 11) is -3.39. The minimum absolute atomic E-state index is 0.382. The Hall–Kier alpha value is -0.150. The van der Waals surface area contributed by atoms with Crippen molar-refractivity contribution in [2.45, 2.75) is 10.8 Å². The summed E-state index contributed by atoms with van der Waals surface area (Å²) in [5.74, 6) is 0. The molecule has 0 radical (unpaired) electrons. The van der Waals surface area contributed by atoms with Crippen LogP contribution >= 0.6 is 50.5 Å². The van der Waals surface area contributed by atoms with E-state index < -0.39 is 10.0 Å². The summed E-state index contributed by atoms with van der Waals surface area (Å²) in [5, 5.41) is 1.08. The summed E-state index contributed by atoms with van der Waals surface area (Å²) >= 11 is 16.5. The Labute approximate surface area is 164 Å². The van der Waals surface area contributed by atoms with E-state index in [1.807, 2.05) is 12.1 Å². The highest BCUT2D eigenvalue weighted by Crippen LogP contribution is 2.29. The third-order valence-electron chi connectivity index (χ3n) is 3.86. The molecule has 2 heterocycles. The Morgan fingerprint density at radius 3 is 2.33 bits per heavy atom. The SMILES string of the molecule is O=S(=O)(c1ccc(Br)s1)N1CCN(Cc2ccc(Cl)c(Cl)c2)CC1. The van der Waals surface area contributed by atoms with E-state index in [1.54, 1.807) is 22.5 Å². The standard InChI is InChI=1S/C15H15BrCl2N2O2S2/c16-14-3-4-15(23-14)24(21,22)20-7-5-19(6-8-20)10-11-1-2-12(17)13(18)9-11/h1-4,9H,5-8,10H2. The van der Waals surface area contributed by atoms with Crippen molar-refractivity contribution in [1.82, 2.24) is 9.21 Å². The average Bonchev–Trinajstić information content (AvgIpc) is 2.99. The van der Waals surface area contributed by atoms with Crippen molar-refractivity contribution >= 4 is 60.5 Å². The molecule has 1 aliphatic rings. The van der Waals surface area contributed by atoms with Gasteiger partial charge in [0.25, 0.3) is 10.0 Å². The predicted molar refractivity (Wildman–Crippen MR) is 103 cm³/mol. The van der Waals surface area contributed by atoms with E-state index in [4.69, 9.17) is 23.2 Å². The van der Waals surface area contributed by atoms with Gasteiger partial charge < -0.3 is 0 Å². The molecule has 1 fully saturated rings. The first-order valence-electron chi connectivity index (χ1n) is 7.28. The predicted octanol–water partition coefficient (Wildman–Crippen LogP) is 4.32. The van der Waals surface area contributed by atoms with Gasteiger partial charge in [0.05, 0.1) is 13.8 Å². The summed E-state index contributed by atoms with van der Waals surface area (Å²) in [6, 6.07) is 9.00. The van der Waals surface area contributed by atoms with Gasteiger partial charge in [0.15, 0.2) is 0 Å². The Kier molecular flexibility index (Phi) is 5.91. The van der Waals surface area contributed by atoms with Crippen LogP contribution in [0.15, 0.2) is 38.3 Å². The van der Waals surface area contributed by atoms with Crippen molar-refractivity contribution in [3.05, 3.63) is 49.7 Å². The molecule has 1 saturated heterocycles. The van der Waals surface area contributed by atoms with Crippen LogP contribution in [-0.4, -0.2) is 43.8 Å². The van der Waals surface area contributed by atoms with Gasteiger partial charge >= 0.3 is 0 Å². The Bertz CT molecular complexity index is 834. The maximum absolute atomic E-state index is 12.6.